The van der Waals surface area contributed by atoms with Crippen LogP contribution in [0, 0.1) is 17.6 Å². The Hall–Kier alpha value is -2.47. The first-order valence-corrected chi connectivity index (χ1v) is 10.6. The van der Waals surface area contributed by atoms with E-state index in [1.807, 2.05) is 12.1 Å². The number of amides is 1. The van der Waals surface area contributed by atoms with Crippen LogP contribution in [0.15, 0.2) is 36.4 Å². The quantitative estimate of drug-likeness (QED) is 0.432. The Bertz CT molecular complexity index is 1050. The normalized spacial score (nSPS) is 11.4. The van der Waals surface area contributed by atoms with Gasteiger partial charge < -0.3 is 9.47 Å². The average Bonchev–Trinajstić information content (AvgIpc) is 3.03. The Morgan fingerprint density at radius 2 is 1.93 bits per heavy atom. The highest BCUT2D eigenvalue weighted by Crippen LogP contribution is 2.23. The van der Waals surface area contributed by atoms with Crippen LogP contribution < -0.4 is 0 Å². The van der Waals surface area contributed by atoms with Gasteiger partial charge in [0.15, 0.2) is 11.6 Å². The minimum atomic E-state index is -1.03. The minimum Gasteiger partial charge on any atom is -0.331 e. The number of aromatic nitrogens is 2. The molecule has 0 fully saturated rings. The Labute approximate surface area is 180 Å². The number of hydrogen-bond donors (Lipinski definition) is 0. The number of hydrogen-bond acceptors (Lipinski definition) is 2. The molecule has 0 saturated heterocycles. The second-order valence-corrected chi connectivity index (χ2v) is 8.29. The van der Waals surface area contributed by atoms with E-state index in [0.717, 1.165) is 48.4 Å². The van der Waals surface area contributed by atoms with E-state index in [0.29, 0.717) is 17.5 Å². The number of nitrogens with zero attached hydrogens (tertiary/aromatic N) is 3. The zero-order valence-electron chi connectivity index (χ0n) is 17.5. The van der Waals surface area contributed by atoms with Gasteiger partial charge in [0.2, 0.25) is 0 Å². The molecule has 160 valence electrons. The standard InChI is InChI=1S/C23H26ClF2N3O/c1-4-10-29-21-13-17(24)6-8-20(21)27-22(29)14-28(11-9-15(2)3)23(30)16-5-7-18(25)19(26)12-16/h5-8,12-13,15H,4,9-11,14H2,1-3H3. The van der Waals surface area contributed by atoms with Crippen molar-refractivity contribution in [1.29, 1.82) is 0 Å². The predicted molar refractivity (Wildman–Crippen MR) is 116 cm³/mol. The summed E-state index contributed by atoms with van der Waals surface area (Å²) in [6.45, 7) is 7.73. The molecule has 0 saturated carbocycles. The van der Waals surface area contributed by atoms with Crippen LogP contribution in [0.1, 0.15) is 49.8 Å². The number of rotatable bonds is 8. The lowest BCUT2D eigenvalue weighted by Crippen LogP contribution is -2.33. The first-order valence-electron chi connectivity index (χ1n) is 10.2. The van der Waals surface area contributed by atoms with Gasteiger partial charge in [0, 0.05) is 23.7 Å². The van der Waals surface area contributed by atoms with Crippen LogP contribution in [0.25, 0.3) is 11.0 Å². The number of carbonyl (C=O) groups excluding carboxylic acids is 1. The summed E-state index contributed by atoms with van der Waals surface area (Å²) in [5, 5.41) is 0.626. The lowest BCUT2D eigenvalue weighted by atomic mass is 10.1. The van der Waals surface area contributed by atoms with E-state index in [1.165, 1.54) is 6.07 Å². The van der Waals surface area contributed by atoms with Crippen molar-refractivity contribution in [3.8, 4) is 0 Å². The fourth-order valence-electron chi connectivity index (χ4n) is 3.39. The Morgan fingerprint density at radius 3 is 2.60 bits per heavy atom. The summed E-state index contributed by atoms with van der Waals surface area (Å²) in [6.07, 6.45) is 1.68. The highest BCUT2D eigenvalue weighted by Gasteiger charge is 2.21. The lowest BCUT2D eigenvalue weighted by molar-refractivity contribution is 0.0728. The fourth-order valence-corrected chi connectivity index (χ4v) is 3.55. The Balaban J connectivity index is 1.97. The molecule has 2 aromatic carbocycles. The van der Waals surface area contributed by atoms with Gasteiger partial charge in [0.25, 0.3) is 5.91 Å². The maximum Gasteiger partial charge on any atom is 0.254 e. The number of fused-ring (bicyclic) bond motifs is 1. The molecule has 0 unspecified atom stereocenters. The Morgan fingerprint density at radius 1 is 1.17 bits per heavy atom. The van der Waals surface area contributed by atoms with Gasteiger partial charge in [-0.3, -0.25) is 4.79 Å². The van der Waals surface area contributed by atoms with Crippen LogP contribution in [0.3, 0.4) is 0 Å². The van der Waals surface area contributed by atoms with Gasteiger partial charge in [-0.2, -0.15) is 0 Å². The molecule has 0 aliphatic heterocycles. The molecule has 1 amide bonds. The first kappa shape index (κ1) is 22.2. The number of imidazole rings is 1. The number of carbonyl (C=O) groups is 1. The molecule has 0 bridgehead atoms. The molecule has 3 aromatic rings. The molecule has 0 aliphatic rings. The largest absolute Gasteiger partial charge is 0.331 e. The predicted octanol–water partition coefficient (Wildman–Crippen LogP) is 6.07. The van der Waals surface area contributed by atoms with Gasteiger partial charge in [-0.15, -0.1) is 0 Å². The van der Waals surface area contributed by atoms with Gasteiger partial charge in [-0.05, 0) is 55.2 Å². The highest BCUT2D eigenvalue weighted by molar-refractivity contribution is 6.31. The summed E-state index contributed by atoms with van der Waals surface area (Å²) in [7, 11) is 0. The molecular formula is C23H26ClF2N3O. The summed E-state index contributed by atoms with van der Waals surface area (Å²) in [6, 6.07) is 8.78. The van der Waals surface area contributed by atoms with E-state index in [9.17, 15) is 13.6 Å². The molecule has 1 heterocycles. The van der Waals surface area contributed by atoms with E-state index in [2.05, 4.69) is 25.3 Å². The van der Waals surface area contributed by atoms with Crippen LogP contribution in [-0.4, -0.2) is 26.9 Å². The summed E-state index contributed by atoms with van der Waals surface area (Å²) in [5.74, 6) is -1.21. The third-order valence-corrected chi connectivity index (χ3v) is 5.23. The monoisotopic (exact) mass is 433 g/mol. The summed E-state index contributed by atoms with van der Waals surface area (Å²) < 4.78 is 29.1. The summed E-state index contributed by atoms with van der Waals surface area (Å²) >= 11 is 6.18. The van der Waals surface area contributed by atoms with Crippen molar-refractivity contribution in [2.75, 3.05) is 6.54 Å². The van der Waals surface area contributed by atoms with E-state index in [4.69, 9.17) is 16.6 Å². The topological polar surface area (TPSA) is 38.1 Å². The minimum absolute atomic E-state index is 0.124. The zero-order valence-corrected chi connectivity index (χ0v) is 18.2. The maximum atomic E-state index is 13.7. The van der Waals surface area contributed by atoms with Crippen molar-refractivity contribution in [2.24, 2.45) is 5.92 Å². The van der Waals surface area contributed by atoms with Crippen LogP contribution in [0.2, 0.25) is 5.02 Å². The van der Waals surface area contributed by atoms with Crippen LogP contribution in [0.5, 0.6) is 0 Å². The molecule has 0 N–H and O–H groups in total. The smallest absolute Gasteiger partial charge is 0.254 e. The second kappa shape index (κ2) is 9.56. The summed E-state index contributed by atoms with van der Waals surface area (Å²) in [5.41, 5.74) is 1.86. The van der Waals surface area contributed by atoms with Gasteiger partial charge in [-0.25, -0.2) is 13.8 Å². The Kier molecular flexibility index (Phi) is 7.08. The SMILES string of the molecule is CCCn1c(CN(CCC(C)C)C(=O)c2ccc(F)c(F)c2)nc2ccc(Cl)cc21. The van der Waals surface area contributed by atoms with E-state index >= 15 is 0 Å². The lowest BCUT2D eigenvalue weighted by Gasteiger charge is -2.24. The van der Waals surface area contributed by atoms with Crippen molar-refractivity contribution in [2.45, 2.75) is 46.7 Å². The van der Waals surface area contributed by atoms with Gasteiger partial charge >= 0.3 is 0 Å². The van der Waals surface area contributed by atoms with Crippen LogP contribution >= 0.6 is 11.6 Å². The van der Waals surface area contributed by atoms with Crippen LogP contribution in [0.4, 0.5) is 8.78 Å². The molecule has 0 aliphatic carbocycles. The van der Waals surface area contributed by atoms with E-state index < -0.39 is 11.6 Å². The van der Waals surface area contributed by atoms with Gasteiger partial charge in [0.1, 0.15) is 5.82 Å². The molecule has 4 nitrogen and oxygen atoms in total. The number of benzene rings is 2. The van der Waals surface area contributed by atoms with Crippen molar-refractivity contribution in [3.05, 3.63) is 64.4 Å². The van der Waals surface area contributed by atoms with Crippen molar-refractivity contribution >= 4 is 28.5 Å². The molecule has 30 heavy (non-hydrogen) atoms. The van der Waals surface area contributed by atoms with Crippen LogP contribution in [-0.2, 0) is 13.1 Å². The number of halogens is 3. The molecule has 0 atom stereocenters. The highest BCUT2D eigenvalue weighted by atomic mass is 35.5. The summed E-state index contributed by atoms with van der Waals surface area (Å²) in [4.78, 5) is 19.5. The zero-order chi connectivity index (χ0) is 21.8. The first-order chi connectivity index (χ1) is 14.3. The molecular weight excluding hydrogens is 408 g/mol. The fraction of sp³-hybridized carbons (Fsp3) is 0.391. The third-order valence-electron chi connectivity index (χ3n) is 5.00. The maximum absolute atomic E-state index is 13.7. The third kappa shape index (κ3) is 4.98. The average molecular weight is 434 g/mol. The van der Waals surface area contributed by atoms with Crippen molar-refractivity contribution in [1.82, 2.24) is 14.5 Å². The van der Waals surface area contributed by atoms with Crippen molar-refractivity contribution in [3.63, 3.8) is 0 Å². The second-order valence-electron chi connectivity index (χ2n) is 7.85. The van der Waals surface area contributed by atoms with Gasteiger partial charge in [-0.1, -0.05) is 32.4 Å². The molecule has 1 aromatic heterocycles. The van der Waals surface area contributed by atoms with Crippen molar-refractivity contribution < 1.29 is 13.6 Å². The van der Waals surface area contributed by atoms with E-state index in [1.54, 1.807) is 11.0 Å². The molecule has 3 rings (SSSR count). The number of aryl methyl sites for hydroxylation is 1. The molecule has 0 spiro atoms. The van der Waals surface area contributed by atoms with E-state index in [-0.39, 0.29) is 18.0 Å². The molecule has 0 radical (unpaired) electrons. The van der Waals surface area contributed by atoms with Gasteiger partial charge in [0.05, 0.1) is 17.6 Å². The molecule has 7 heteroatoms.